The summed E-state index contributed by atoms with van der Waals surface area (Å²) in [6.07, 6.45) is 0.819. The Balaban J connectivity index is 2.51. The summed E-state index contributed by atoms with van der Waals surface area (Å²) >= 11 is 0. The lowest BCUT2D eigenvalue weighted by Gasteiger charge is -2.24. The Morgan fingerprint density at radius 1 is 1.50 bits per heavy atom. The fourth-order valence-corrected chi connectivity index (χ4v) is 1.65. The van der Waals surface area contributed by atoms with Gasteiger partial charge in [0, 0.05) is 24.1 Å². The Morgan fingerprint density at radius 2 is 2.29 bits per heavy atom. The van der Waals surface area contributed by atoms with Crippen LogP contribution in [0.4, 0.5) is 5.69 Å². The van der Waals surface area contributed by atoms with Crippen LogP contribution in [-0.4, -0.2) is 13.7 Å². The van der Waals surface area contributed by atoms with Crippen LogP contribution >= 0.6 is 0 Å². The molecule has 14 heavy (non-hydrogen) atoms. The molecule has 0 bridgehead atoms. The van der Waals surface area contributed by atoms with E-state index in [0.717, 1.165) is 17.7 Å². The van der Waals surface area contributed by atoms with Crippen molar-refractivity contribution in [3.05, 3.63) is 17.7 Å². The van der Waals surface area contributed by atoms with Crippen molar-refractivity contribution in [3.8, 4) is 11.5 Å². The molecular weight excluding hydrogens is 180 g/mol. The summed E-state index contributed by atoms with van der Waals surface area (Å²) in [6, 6.07) is 3.63. The van der Waals surface area contributed by atoms with Crippen molar-refractivity contribution in [3.63, 3.8) is 0 Å². The highest BCUT2D eigenvalue weighted by atomic mass is 16.5. The Kier molecular flexibility index (Phi) is 2.21. The van der Waals surface area contributed by atoms with Gasteiger partial charge in [-0.1, -0.05) is 0 Å². The summed E-state index contributed by atoms with van der Waals surface area (Å²) in [5.74, 6) is 1.44. The monoisotopic (exact) mass is 194 g/mol. The van der Waals surface area contributed by atoms with Crippen molar-refractivity contribution in [1.82, 2.24) is 0 Å². The average molecular weight is 194 g/mol. The Hall–Kier alpha value is -1.42. The van der Waals surface area contributed by atoms with E-state index in [1.165, 1.54) is 0 Å². The van der Waals surface area contributed by atoms with Crippen LogP contribution < -0.4 is 20.9 Å². The highest BCUT2D eigenvalue weighted by Crippen LogP contribution is 2.38. The highest BCUT2D eigenvalue weighted by Gasteiger charge is 2.21. The largest absolute Gasteiger partial charge is 0.497 e. The van der Waals surface area contributed by atoms with Gasteiger partial charge in [-0.2, -0.15) is 0 Å². The van der Waals surface area contributed by atoms with Gasteiger partial charge in [0.1, 0.15) is 11.5 Å². The molecule has 0 amide bonds. The van der Waals surface area contributed by atoms with E-state index in [1.807, 2.05) is 6.07 Å². The lowest BCUT2D eigenvalue weighted by atomic mass is 10.0. The fraction of sp³-hybridized carbons (Fsp3) is 0.400. The van der Waals surface area contributed by atoms with E-state index in [9.17, 15) is 0 Å². The SMILES string of the molecule is COc1cc(N)c2c(c1)[C@@H](N)CCO2. The van der Waals surface area contributed by atoms with Crippen molar-refractivity contribution in [1.29, 1.82) is 0 Å². The molecule has 1 aliphatic rings. The summed E-state index contributed by atoms with van der Waals surface area (Å²) in [6.45, 7) is 0.630. The predicted octanol–water partition coefficient (Wildman–Crippen LogP) is 1.06. The van der Waals surface area contributed by atoms with Gasteiger partial charge in [-0.3, -0.25) is 0 Å². The second kappa shape index (κ2) is 3.38. The zero-order valence-corrected chi connectivity index (χ0v) is 8.12. The van der Waals surface area contributed by atoms with Crippen LogP contribution in [0.2, 0.25) is 0 Å². The van der Waals surface area contributed by atoms with Gasteiger partial charge in [-0.25, -0.2) is 0 Å². The third-order valence-corrected chi connectivity index (χ3v) is 2.43. The smallest absolute Gasteiger partial charge is 0.147 e. The maximum Gasteiger partial charge on any atom is 0.147 e. The third-order valence-electron chi connectivity index (χ3n) is 2.43. The zero-order valence-electron chi connectivity index (χ0n) is 8.12. The normalized spacial score (nSPS) is 19.7. The molecule has 4 nitrogen and oxygen atoms in total. The summed E-state index contributed by atoms with van der Waals surface area (Å²) in [4.78, 5) is 0. The molecule has 0 radical (unpaired) electrons. The van der Waals surface area contributed by atoms with Gasteiger partial charge in [0.2, 0.25) is 0 Å². The van der Waals surface area contributed by atoms with E-state index in [-0.39, 0.29) is 6.04 Å². The van der Waals surface area contributed by atoms with Crippen LogP contribution in [0.25, 0.3) is 0 Å². The third kappa shape index (κ3) is 1.37. The minimum Gasteiger partial charge on any atom is -0.497 e. The second-order valence-electron chi connectivity index (χ2n) is 3.38. The first-order valence-electron chi connectivity index (χ1n) is 4.58. The minimum atomic E-state index is -0.00356. The van der Waals surface area contributed by atoms with Gasteiger partial charge in [-0.15, -0.1) is 0 Å². The van der Waals surface area contributed by atoms with Crippen LogP contribution in [0, 0.1) is 0 Å². The molecule has 0 saturated carbocycles. The summed E-state index contributed by atoms with van der Waals surface area (Å²) in [5, 5.41) is 0. The van der Waals surface area contributed by atoms with Crippen LogP contribution in [0.1, 0.15) is 18.0 Å². The van der Waals surface area contributed by atoms with Gasteiger partial charge in [0.15, 0.2) is 0 Å². The van der Waals surface area contributed by atoms with Gasteiger partial charge in [-0.05, 0) is 6.07 Å². The predicted molar refractivity (Wildman–Crippen MR) is 54.4 cm³/mol. The molecule has 0 aromatic heterocycles. The number of benzene rings is 1. The molecule has 1 heterocycles. The number of nitrogen functional groups attached to an aromatic ring is 1. The fourth-order valence-electron chi connectivity index (χ4n) is 1.65. The van der Waals surface area contributed by atoms with E-state index in [1.54, 1.807) is 13.2 Å². The first kappa shape index (κ1) is 9.15. The highest BCUT2D eigenvalue weighted by molar-refractivity contribution is 5.62. The van der Waals surface area contributed by atoms with E-state index < -0.39 is 0 Å². The molecule has 76 valence electrons. The van der Waals surface area contributed by atoms with Crippen LogP contribution in [0.3, 0.4) is 0 Å². The Labute approximate surface area is 82.8 Å². The van der Waals surface area contributed by atoms with E-state index >= 15 is 0 Å². The maximum atomic E-state index is 5.95. The number of fused-ring (bicyclic) bond motifs is 1. The quantitative estimate of drug-likeness (QED) is 0.656. The van der Waals surface area contributed by atoms with Crippen LogP contribution in [0.15, 0.2) is 12.1 Å². The molecule has 1 aliphatic heterocycles. The van der Waals surface area contributed by atoms with Crippen molar-refractivity contribution in [2.24, 2.45) is 5.73 Å². The van der Waals surface area contributed by atoms with Crippen molar-refractivity contribution >= 4 is 5.69 Å². The number of anilines is 1. The van der Waals surface area contributed by atoms with Crippen LogP contribution in [0.5, 0.6) is 11.5 Å². The van der Waals surface area contributed by atoms with E-state index in [2.05, 4.69) is 0 Å². The first-order valence-corrected chi connectivity index (χ1v) is 4.58. The molecular formula is C10H14N2O2. The number of rotatable bonds is 1. The molecule has 0 saturated heterocycles. The first-order chi connectivity index (χ1) is 6.72. The summed E-state index contributed by atoms with van der Waals surface area (Å²) in [5.41, 5.74) is 13.3. The Bertz CT molecular complexity index is 352. The second-order valence-corrected chi connectivity index (χ2v) is 3.38. The standard InChI is InChI=1S/C10H14N2O2/c1-13-6-4-7-8(11)2-3-14-10(7)9(12)5-6/h4-5,8H,2-3,11-12H2,1H3/t8-/m0/s1. The molecule has 1 aromatic carbocycles. The van der Waals surface area contributed by atoms with E-state index in [4.69, 9.17) is 20.9 Å². The summed E-state index contributed by atoms with van der Waals surface area (Å²) in [7, 11) is 1.61. The molecule has 4 heteroatoms. The summed E-state index contributed by atoms with van der Waals surface area (Å²) < 4.78 is 10.6. The van der Waals surface area contributed by atoms with Gasteiger partial charge >= 0.3 is 0 Å². The lowest BCUT2D eigenvalue weighted by molar-refractivity contribution is 0.269. The molecule has 0 fully saturated rings. The average Bonchev–Trinajstić information content (AvgIpc) is 2.19. The molecule has 2 rings (SSSR count). The topological polar surface area (TPSA) is 70.5 Å². The Morgan fingerprint density at radius 3 is 3.00 bits per heavy atom. The van der Waals surface area contributed by atoms with Gasteiger partial charge < -0.3 is 20.9 Å². The molecule has 1 aromatic rings. The number of nitrogens with two attached hydrogens (primary N) is 2. The van der Waals surface area contributed by atoms with Gasteiger partial charge in [0.25, 0.3) is 0 Å². The minimum absolute atomic E-state index is 0.00356. The molecule has 4 N–H and O–H groups in total. The van der Waals surface area contributed by atoms with Crippen molar-refractivity contribution < 1.29 is 9.47 Å². The molecule has 0 spiro atoms. The van der Waals surface area contributed by atoms with Crippen molar-refractivity contribution in [2.75, 3.05) is 19.5 Å². The zero-order chi connectivity index (χ0) is 10.1. The van der Waals surface area contributed by atoms with Crippen molar-refractivity contribution in [2.45, 2.75) is 12.5 Å². The molecule has 0 aliphatic carbocycles. The van der Waals surface area contributed by atoms with Crippen LogP contribution in [-0.2, 0) is 0 Å². The van der Waals surface area contributed by atoms with E-state index in [0.29, 0.717) is 18.0 Å². The number of ether oxygens (including phenoxy) is 2. The maximum absolute atomic E-state index is 5.95. The lowest BCUT2D eigenvalue weighted by Crippen LogP contribution is -2.21. The molecule has 1 atom stereocenters. The number of hydrogen-bond acceptors (Lipinski definition) is 4. The van der Waals surface area contributed by atoms with Gasteiger partial charge in [0.05, 0.1) is 19.4 Å². The number of hydrogen-bond donors (Lipinski definition) is 2. The molecule has 0 unspecified atom stereocenters. The number of methoxy groups -OCH3 is 1.